The number of carbonyl (C=O) groups excluding carboxylic acids is 1. The van der Waals surface area contributed by atoms with E-state index in [1.807, 2.05) is 0 Å². The largest absolute Gasteiger partial charge is 0.427 e. The second kappa shape index (κ2) is 3.80. The van der Waals surface area contributed by atoms with Gasteiger partial charge in [-0.05, 0) is 31.5 Å². The van der Waals surface area contributed by atoms with E-state index < -0.39 is 5.60 Å². The molecule has 0 aliphatic heterocycles. The molecule has 0 heterocycles. The lowest BCUT2D eigenvalue weighted by atomic mass is 9.98. The molecule has 0 saturated heterocycles. The van der Waals surface area contributed by atoms with Crippen molar-refractivity contribution in [3.05, 3.63) is 29.8 Å². The molecule has 0 fully saturated rings. The molecule has 1 aromatic rings. The minimum absolute atomic E-state index is 0.363. The van der Waals surface area contributed by atoms with Gasteiger partial charge in [0.2, 0.25) is 0 Å². The van der Waals surface area contributed by atoms with Crippen LogP contribution in [0, 0.1) is 0 Å². The number of carbonyl (C=O) groups is 1. The number of benzene rings is 1. The molecular formula is C11H14O3. The number of hydrogen-bond acceptors (Lipinski definition) is 3. The third-order valence-electron chi connectivity index (χ3n) is 1.80. The summed E-state index contributed by atoms with van der Waals surface area (Å²) in [7, 11) is 0. The van der Waals surface area contributed by atoms with Crippen molar-refractivity contribution in [1.82, 2.24) is 0 Å². The summed E-state index contributed by atoms with van der Waals surface area (Å²) in [6.07, 6.45) is 0. The third kappa shape index (κ3) is 2.85. The third-order valence-corrected chi connectivity index (χ3v) is 1.80. The van der Waals surface area contributed by atoms with Gasteiger partial charge in [0.05, 0.1) is 5.60 Å². The molecule has 0 aliphatic carbocycles. The normalized spacial score (nSPS) is 11.1. The molecular weight excluding hydrogens is 180 g/mol. The zero-order valence-electron chi connectivity index (χ0n) is 8.57. The van der Waals surface area contributed by atoms with E-state index in [0.717, 1.165) is 5.56 Å². The molecule has 0 saturated carbocycles. The van der Waals surface area contributed by atoms with Crippen molar-refractivity contribution in [2.24, 2.45) is 0 Å². The van der Waals surface area contributed by atoms with Crippen LogP contribution in [0.15, 0.2) is 24.3 Å². The molecule has 0 unspecified atom stereocenters. The molecule has 0 radical (unpaired) electrons. The van der Waals surface area contributed by atoms with Gasteiger partial charge in [0, 0.05) is 6.92 Å². The van der Waals surface area contributed by atoms with Crippen LogP contribution in [0.4, 0.5) is 0 Å². The molecule has 0 amide bonds. The lowest BCUT2D eigenvalue weighted by molar-refractivity contribution is -0.131. The van der Waals surface area contributed by atoms with Crippen molar-refractivity contribution in [2.75, 3.05) is 0 Å². The Morgan fingerprint density at radius 3 is 2.57 bits per heavy atom. The van der Waals surface area contributed by atoms with Gasteiger partial charge in [-0.15, -0.1) is 0 Å². The highest BCUT2D eigenvalue weighted by Gasteiger charge is 2.16. The van der Waals surface area contributed by atoms with E-state index >= 15 is 0 Å². The Balaban J connectivity index is 2.95. The van der Waals surface area contributed by atoms with E-state index in [1.54, 1.807) is 38.1 Å². The first kappa shape index (κ1) is 10.7. The van der Waals surface area contributed by atoms with Gasteiger partial charge < -0.3 is 9.84 Å². The Hall–Kier alpha value is -1.35. The summed E-state index contributed by atoms with van der Waals surface area (Å²) in [5.74, 6) is 0.0926. The van der Waals surface area contributed by atoms with Crippen molar-refractivity contribution in [1.29, 1.82) is 0 Å². The van der Waals surface area contributed by atoms with Crippen LogP contribution in [0.1, 0.15) is 26.3 Å². The summed E-state index contributed by atoms with van der Waals surface area (Å²) in [4.78, 5) is 10.7. The van der Waals surface area contributed by atoms with Gasteiger partial charge in [-0.3, -0.25) is 4.79 Å². The van der Waals surface area contributed by atoms with Crippen molar-refractivity contribution in [3.8, 4) is 5.75 Å². The Labute approximate surface area is 83.3 Å². The lowest BCUT2D eigenvalue weighted by Crippen LogP contribution is -2.15. The number of rotatable bonds is 2. The lowest BCUT2D eigenvalue weighted by Gasteiger charge is -2.18. The zero-order chi connectivity index (χ0) is 10.8. The van der Waals surface area contributed by atoms with Crippen LogP contribution >= 0.6 is 0 Å². The van der Waals surface area contributed by atoms with Gasteiger partial charge in [-0.1, -0.05) is 12.1 Å². The predicted octanol–water partition coefficient (Wildman–Crippen LogP) is 1.84. The molecule has 14 heavy (non-hydrogen) atoms. The van der Waals surface area contributed by atoms with Crippen molar-refractivity contribution in [2.45, 2.75) is 26.4 Å². The molecule has 0 spiro atoms. The van der Waals surface area contributed by atoms with Crippen LogP contribution in [-0.2, 0) is 10.4 Å². The first-order valence-corrected chi connectivity index (χ1v) is 4.41. The number of hydrogen-bond donors (Lipinski definition) is 1. The molecule has 1 N–H and O–H groups in total. The minimum atomic E-state index is -0.920. The molecule has 76 valence electrons. The summed E-state index contributed by atoms with van der Waals surface area (Å²) in [5.41, 5.74) is -0.202. The maximum absolute atomic E-state index is 10.7. The van der Waals surface area contributed by atoms with Crippen molar-refractivity contribution >= 4 is 5.97 Å². The highest BCUT2D eigenvalue weighted by molar-refractivity contribution is 5.69. The monoisotopic (exact) mass is 194 g/mol. The van der Waals surface area contributed by atoms with Gasteiger partial charge >= 0.3 is 5.97 Å². The van der Waals surface area contributed by atoms with Gasteiger partial charge in [-0.2, -0.15) is 0 Å². The molecule has 1 aromatic carbocycles. The Morgan fingerprint density at radius 2 is 2.07 bits per heavy atom. The topological polar surface area (TPSA) is 46.5 Å². The smallest absolute Gasteiger partial charge is 0.308 e. The first-order valence-electron chi connectivity index (χ1n) is 4.41. The predicted molar refractivity (Wildman–Crippen MR) is 53.0 cm³/mol. The fraction of sp³-hybridized carbons (Fsp3) is 0.364. The van der Waals surface area contributed by atoms with Crippen LogP contribution in [-0.4, -0.2) is 11.1 Å². The van der Waals surface area contributed by atoms with E-state index in [9.17, 15) is 9.90 Å². The standard InChI is InChI=1S/C11H14O3/c1-8(12)14-10-6-4-5-9(7-10)11(2,3)13/h4-7,13H,1-3H3. The molecule has 0 atom stereocenters. The maximum atomic E-state index is 10.7. The number of aliphatic hydroxyl groups is 1. The van der Waals surface area contributed by atoms with E-state index in [2.05, 4.69) is 0 Å². The molecule has 0 bridgehead atoms. The summed E-state index contributed by atoms with van der Waals surface area (Å²) in [5, 5.41) is 9.71. The van der Waals surface area contributed by atoms with Crippen LogP contribution in [0.25, 0.3) is 0 Å². The summed E-state index contributed by atoms with van der Waals surface area (Å²) in [6.45, 7) is 4.70. The van der Waals surface area contributed by atoms with E-state index in [4.69, 9.17) is 4.74 Å². The van der Waals surface area contributed by atoms with Crippen molar-refractivity contribution < 1.29 is 14.6 Å². The molecule has 3 heteroatoms. The van der Waals surface area contributed by atoms with E-state index in [-0.39, 0.29) is 5.97 Å². The molecule has 0 aliphatic rings. The van der Waals surface area contributed by atoms with Gasteiger partial charge in [0.15, 0.2) is 0 Å². The second-order valence-electron chi connectivity index (χ2n) is 3.68. The van der Waals surface area contributed by atoms with E-state index in [1.165, 1.54) is 6.92 Å². The maximum Gasteiger partial charge on any atom is 0.308 e. The minimum Gasteiger partial charge on any atom is -0.427 e. The van der Waals surface area contributed by atoms with Gasteiger partial charge in [0.1, 0.15) is 5.75 Å². The summed E-state index contributed by atoms with van der Waals surface area (Å²) >= 11 is 0. The fourth-order valence-corrected chi connectivity index (χ4v) is 1.11. The number of ether oxygens (including phenoxy) is 1. The molecule has 0 aromatic heterocycles. The second-order valence-corrected chi connectivity index (χ2v) is 3.68. The Bertz CT molecular complexity index is 337. The summed E-state index contributed by atoms with van der Waals surface area (Å²) in [6, 6.07) is 6.86. The SMILES string of the molecule is CC(=O)Oc1cccc(C(C)(C)O)c1. The zero-order valence-corrected chi connectivity index (χ0v) is 8.57. The Morgan fingerprint density at radius 1 is 1.43 bits per heavy atom. The van der Waals surface area contributed by atoms with Crippen LogP contribution in [0.5, 0.6) is 5.75 Å². The average Bonchev–Trinajstić information content (AvgIpc) is 2.01. The fourth-order valence-electron chi connectivity index (χ4n) is 1.11. The van der Waals surface area contributed by atoms with Crippen LogP contribution < -0.4 is 4.74 Å². The van der Waals surface area contributed by atoms with Crippen LogP contribution in [0.2, 0.25) is 0 Å². The Kier molecular flexibility index (Phi) is 2.91. The highest BCUT2D eigenvalue weighted by Crippen LogP contribution is 2.23. The van der Waals surface area contributed by atoms with Gasteiger partial charge in [0.25, 0.3) is 0 Å². The van der Waals surface area contributed by atoms with Gasteiger partial charge in [-0.25, -0.2) is 0 Å². The quantitative estimate of drug-likeness (QED) is 0.577. The molecule has 1 rings (SSSR count). The summed E-state index contributed by atoms with van der Waals surface area (Å²) < 4.78 is 4.90. The first-order chi connectivity index (χ1) is 6.39. The van der Waals surface area contributed by atoms with E-state index in [0.29, 0.717) is 5.75 Å². The average molecular weight is 194 g/mol. The van der Waals surface area contributed by atoms with Crippen molar-refractivity contribution in [3.63, 3.8) is 0 Å². The number of esters is 1. The van der Waals surface area contributed by atoms with Crippen LogP contribution in [0.3, 0.4) is 0 Å². The highest BCUT2D eigenvalue weighted by atomic mass is 16.5. The molecule has 3 nitrogen and oxygen atoms in total.